The van der Waals surface area contributed by atoms with Gasteiger partial charge in [-0.15, -0.1) is 0 Å². The molecule has 1 aliphatic heterocycles. The van der Waals surface area contributed by atoms with Gasteiger partial charge in [-0.1, -0.05) is 47.4 Å². The van der Waals surface area contributed by atoms with E-state index in [1.807, 2.05) is 12.1 Å². The van der Waals surface area contributed by atoms with E-state index < -0.39 is 11.7 Å². The summed E-state index contributed by atoms with van der Waals surface area (Å²) in [5.41, 5.74) is 1.38. The van der Waals surface area contributed by atoms with Gasteiger partial charge in [-0.25, -0.2) is 0 Å². The van der Waals surface area contributed by atoms with Crippen LogP contribution in [0.3, 0.4) is 0 Å². The second kappa shape index (κ2) is 8.91. The zero-order valence-electron chi connectivity index (χ0n) is 16.7. The van der Waals surface area contributed by atoms with Crippen LogP contribution in [0.15, 0.2) is 53.7 Å². The number of nitrogens with zero attached hydrogens (tertiary/aromatic N) is 2. The van der Waals surface area contributed by atoms with Crippen LogP contribution in [0.25, 0.3) is 0 Å². The molecule has 2 aliphatic rings. The molecular formula is C23H22ClF3N2O2. The Morgan fingerprint density at radius 1 is 1.16 bits per heavy atom. The molecule has 1 fully saturated rings. The molecule has 0 N–H and O–H groups in total. The number of hydrogen-bond acceptors (Lipinski definition) is 3. The summed E-state index contributed by atoms with van der Waals surface area (Å²) in [5.74, 6) is -0.101. The first-order valence-corrected chi connectivity index (χ1v) is 10.6. The van der Waals surface area contributed by atoms with E-state index in [9.17, 15) is 18.0 Å². The van der Waals surface area contributed by atoms with Gasteiger partial charge < -0.3 is 9.74 Å². The molecule has 0 aromatic heterocycles. The van der Waals surface area contributed by atoms with Crippen molar-refractivity contribution >= 4 is 23.2 Å². The molecule has 4 rings (SSSR count). The molecule has 1 aliphatic carbocycles. The number of alkyl halides is 3. The predicted octanol–water partition coefficient (Wildman–Crippen LogP) is 5.68. The van der Waals surface area contributed by atoms with Crippen molar-refractivity contribution < 1.29 is 22.8 Å². The largest absolute Gasteiger partial charge is 0.416 e. The quantitative estimate of drug-likeness (QED) is 0.568. The lowest BCUT2D eigenvalue weighted by Crippen LogP contribution is -2.42. The molecule has 0 bridgehead atoms. The zero-order chi connectivity index (χ0) is 22.0. The first kappa shape index (κ1) is 21.7. The van der Waals surface area contributed by atoms with Crippen LogP contribution in [-0.4, -0.2) is 29.2 Å². The van der Waals surface area contributed by atoms with Gasteiger partial charge in [-0.2, -0.15) is 13.2 Å². The Morgan fingerprint density at radius 2 is 1.90 bits per heavy atom. The SMILES string of the molecule is O=C(C1CCC1)N(Cc1cccc(C(F)(F)F)c1)C[C@@H]1CC(c2ccc(Cl)cc2)=NO1. The van der Waals surface area contributed by atoms with Gasteiger partial charge in [0.2, 0.25) is 5.91 Å². The number of rotatable bonds is 6. The van der Waals surface area contributed by atoms with E-state index in [1.165, 1.54) is 6.07 Å². The monoisotopic (exact) mass is 450 g/mol. The molecule has 0 saturated heterocycles. The molecule has 1 atom stereocenters. The minimum absolute atomic E-state index is 0.0350. The van der Waals surface area contributed by atoms with E-state index in [-0.39, 0.29) is 31.0 Å². The zero-order valence-corrected chi connectivity index (χ0v) is 17.5. The van der Waals surface area contributed by atoms with Crippen molar-refractivity contribution in [3.63, 3.8) is 0 Å². The van der Waals surface area contributed by atoms with Crippen molar-refractivity contribution in [2.75, 3.05) is 6.54 Å². The van der Waals surface area contributed by atoms with Gasteiger partial charge in [0.05, 0.1) is 17.8 Å². The summed E-state index contributed by atoms with van der Waals surface area (Å²) in [6.45, 7) is 0.377. The molecule has 31 heavy (non-hydrogen) atoms. The molecule has 2 aromatic rings. The van der Waals surface area contributed by atoms with Gasteiger partial charge >= 0.3 is 6.18 Å². The number of amides is 1. The number of carbonyl (C=O) groups is 1. The lowest BCUT2D eigenvalue weighted by molar-refractivity contribution is -0.140. The number of oxime groups is 1. The van der Waals surface area contributed by atoms with Crippen LogP contribution in [0.4, 0.5) is 13.2 Å². The van der Waals surface area contributed by atoms with Gasteiger partial charge in [0.1, 0.15) is 0 Å². The number of hydrogen-bond donors (Lipinski definition) is 0. The number of halogens is 4. The van der Waals surface area contributed by atoms with Crippen molar-refractivity contribution in [1.29, 1.82) is 0 Å². The molecule has 1 saturated carbocycles. The van der Waals surface area contributed by atoms with E-state index >= 15 is 0 Å². The van der Waals surface area contributed by atoms with Crippen LogP contribution in [0.5, 0.6) is 0 Å². The first-order valence-electron chi connectivity index (χ1n) is 10.2. The maximum atomic E-state index is 13.1. The standard InChI is InChI=1S/C23H22ClF3N2O2/c24-19-9-7-16(8-10-19)21-12-20(31-28-21)14-29(22(30)17-4-2-5-17)13-15-3-1-6-18(11-15)23(25,26)27/h1,3,6-11,17,20H,2,4-5,12-14H2/t20-/m0/s1. The maximum Gasteiger partial charge on any atom is 0.416 e. The van der Waals surface area contributed by atoms with Crippen molar-refractivity contribution in [2.45, 2.75) is 44.5 Å². The number of carbonyl (C=O) groups excluding carboxylic acids is 1. The highest BCUT2D eigenvalue weighted by atomic mass is 35.5. The molecule has 1 amide bonds. The van der Waals surface area contributed by atoms with Crippen molar-refractivity contribution in [1.82, 2.24) is 4.90 Å². The first-order chi connectivity index (χ1) is 14.8. The lowest BCUT2D eigenvalue weighted by Gasteiger charge is -2.32. The van der Waals surface area contributed by atoms with Crippen LogP contribution < -0.4 is 0 Å². The summed E-state index contributed by atoms with van der Waals surface area (Å²) < 4.78 is 39.3. The Morgan fingerprint density at radius 3 is 2.55 bits per heavy atom. The highest BCUT2D eigenvalue weighted by Gasteiger charge is 2.34. The fourth-order valence-corrected chi connectivity index (χ4v) is 3.92. The summed E-state index contributed by atoms with van der Waals surface area (Å²) in [6, 6.07) is 12.4. The summed E-state index contributed by atoms with van der Waals surface area (Å²) in [4.78, 5) is 20.2. The second-order valence-corrected chi connectivity index (χ2v) is 8.46. The summed E-state index contributed by atoms with van der Waals surface area (Å²) in [6.07, 6.45) is -1.63. The summed E-state index contributed by atoms with van der Waals surface area (Å²) in [7, 11) is 0. The van der Waals surface area contributed by atoms with Crippen molar-refractivity contribution in [2.24, 2.45) is 11.1 Å². The highest BCUT2D eigenvalue weighted by Crippen LogP contribution is 2.32. The number of benzene rings is 2. The van der Waals surface area contributed by atoms with E-state index in [0.29, 0.717) is 17.0 Å². The van der Waals surface area contributed by atoms with Crippen molar-refractivity contribution in [3.8, 4) is 0 Å². The fraction of sp³-hybridized carbons (Fsp3) is 0.391. The van der Waals surface area contributed by atoms with Gasteiger partial charge in [0, 0.05) is 23.9 Å². The lowest BCUT2D eigenvalue weighted by atomic mass is 9.84. The third-order valence-electron chi connectivity index (χ3n) is 5.73. The molecule has 8 heteroatoms. The van der Waals surface area contributed by atoms with Gasteiger partial charge in [0.25, 0.3) is 0 Å². The van der Waals surface area contributed by atoms with E-state index in [2.05, 4.69) is 5.16 Å². The minimum Gasteiger partial charge on any atom is -0.390 e. The maximum absolute atomic E-state index is 13.1. The van der Waals surface area contributed by atoms with Crippen LogP contribution >= 0.6 is 11.6 Å². The van der Waals surface area contributed by atoms with E-state index in [1.54, 1.807) is 23.1 Å². The minimum atomic E-state index is -4.42. The average Bonchev–Trinajstić information content (AvgIpc) is 3.15. The van der Waals surface area contributed by atoms with Crippen LogP contribution in [-0.2, 0) is 22.4 Å². The van der Waals surface area contributed by atoms with Gasteiger partial charge in [0.15, 0.2) is 6.10 Å². The summed E-state index contributed by atoms with van der Waals surface area (Å²) >= 11 is 5.93. The molecular weight excluding hydrogens is 429 g/mol. The molecule has 0 unspecified atom stereocenters. The van der Waals surface area contributed by atoms with Gasteiger partial charge in [-0.05, 0) is 48.2 Å². The Hall–Kier alpha value is -2.54. The van der Waals surface area contributed by atoms with E-state index in [4.69, 9.17) is 16.4 Å². The predicted molar refractivity (Wildman–Crippen MR) is 112 cm³/mol. The normalized spacial score (nSPS) is 18.8. The van der Waals surface area contributed by atoms with Crippen LogP contribution in [0.1, 0.15) is 42.4 Å². The average molecular weight is 451 g/mol. The Balaban J connectivity index is 1.46. The third-order valence-corrected chi connectivity index (χ3v) is 5.98. The Labute approximate surface area is 183 Å². The molecule has 1 heterocycles. The molecule has 2 aromatic carbocycles. The van der Waals surface area contributed by atoms with Crippen LogP contribution in [0.2, 0.25) is 5.02 Å². The molecule has 0 radical (unpaired) electrons. The molecule has 0 spiro atoms. The van der Waals surface area contributed by atoms with Crippen molar-refractivity contribution in [3.05, 3.63) is 70.2 Å². The third kappa shape index (κ3) is 5.21. The van der Waals surface area contributed by atoms with Crippen LogP contribution in [0, 0.1) is 5.92 Å². The Kier molecular flexibility index (Phi) is 6.23. The Bertz CT molecular complexity index is 972. The molecule has 164 valence electrons. The summed E-state index contributed by atoms with van der Waals surface area (Å²) in [5, 5.41) is 4.77. The fourth-order valence-electron chi connectivity index (χ4n) is 3.80. The van der Waals surface area contributed by atoms with E-state index in [0.717, 1.165) is 42.7 Å². The second-order valence-electron chi connectivity index (χ2n) is 8.02. The van der Waals surface area contributed by atoms with Gasteiger partial charge in [-0.3, -0.25) is 4.79 Å². The smallest absolute Gasteiger partial charge is 0.390 e. The molecule has 4 nitrogen and oxygen atoms in total. The topological polar surface area (TPSA) is 41.9 Å². The highest BCUT2D eigenvalue weighted by molar-refractivity contribution is 6.30.